The molecule has 1 unspecified atom stereocenters. The highest BCUT2D eigenvalue weighted by atomic mass is 16.5. The fourth-order valence-corrected chi connectivity index (χ4v) is 2.89. The van der Waals surface area contributed by atoms with Gasteiger partial charge < -0.3 is 9.15 Å². The number of aromatic nitrogens is 1. The van der Waals surface area contributed by atoms with Gasteiger partial charge in [0.05, 0.1) is 6.54 Å². The van der Waals surface area contributed by atoms with Crippen LogP contribution in [0.5, 0.6) is 0 Å². The number of rotatable bonds is 5. The Kier molecular flexibility index (Phi) is 4.14. The van der Waals surface area contributed by atoms with Gasteiger partial charge in [0.25, 0.3) is 0 Å². The van der Waals surface area contributed by atoms with Gasteiger partial charge in [-0.3, -0.25) is 9.88 Å². The second kappa shape index (κ2) is 6.20. The maximum atomic E-state index is 5.79. The van der Waals surface area contributed by atoms with E-state index >= 15 is 0 Å². The molecule has 0 N–H and O–H groups in total. The van der Waals surface area contributed by atoms with Crippen molar-refractivity contribution in [2.24, 2.45) is 0 Å². The lowest BCUT2D eigenvalue weighted by molar-refractivity contribution is 0.158. The Balaban J connectivity index is 1.69. The Hall–Kier alpha value is -1.65. The zero-order valence-corrected chi connectivity index (χ0v) is 11.8. The van der Waals surface area contributed by atoms with Crippen molar-refractivity contribution in [3.63, 3.8) is 0 Å². The Bertz CT molecular complexity index is 538. The standard InChI is InChI=1S/C16H20N2O2/c1-19-12-15-7-6-14(20-15)11-18-9-3-5-16(18)13-4-2-8-17-10-13/h2,4,6-8,10,16H,3,5,9,11-12H2,1H3. The van der Waals surface area contributed by atoms with Gasteiger partial charge in [-0.25, -0.2) is 0 Å². The summed E-state index contributed by atoms with van der Waals surface area (Å²) in [7, 11) is 1.68. The molecule has 106 valence electrons. The average molecular weight is 272 g/mol. The molecule has 0 saturated carbocycles. The molecular weight excluding hydrogens is 252 g/mol. The van der Waals surface area contributed by atoms with Crippen LogP contribution in [-0.4, -0.2) is 23.5 Å². The fourth-order valence-electron chi connectivity index (χ4n) is 2.89. The lowest BCUT2D eigenvalue weighted by Crippen LogP contribution is -2.22. The minimum atomic E-state index is 0.458. The van der Waals surface area contributed by atoms with Crippen LogP contribution in [0.15, 0.2) is 41.1 Å². The van der Waals surface area contributed by atoms with E-state index in [4.69, 9.17) is 9.15 Å². The highest BCUT2D eigenvalue weighted by molar-refractivity contribution is 5.16. The molecule has 0 spiro atoms. The molecule has 1 fully saturated rings. The summed E-state index contributed by atoms with van der Waals surface area (Å²) < 4.78 is 10.9. The average Bonchev–Trinajstić information content (AvgIpc) is 3.10. The van der Waals surface area contributed by atoms with Crippen LogP contribution in [0.2, 0.25) is 0 Å². The first-order valence-electron chi connectivity index (χ1n) is 7.07. The minimum Gasteiger partial charge on any atom is -0.462 e. The van der Waals surface area contributed by atoms with Crippen molar-refractivity contribution in [2.75, 3.05) is 13.7 Å². The van der Waals surface area contributed by atoms with Crippen molar-refractivity contribution in [2.45, 2.75) is 32.0 Å². The molecule has 2 aromatic rings. The number of furan rings is 1. The number of pyridine rings is 1. The van der Waals surface area contributed by atoms with Gasteiger partial charge in [0.1, 0.15) is 18.1 Å². The van der Waals surface area contributed by atoms with Crippen molar-refractivity contribution in [3.8, 4) is 0 Å². The van der Waals surface area contributed by atoms with E-state index in [1.807, 2.05) is 30.6 Å². The zero-order chi connectivity index (χ0) is 13.8. The Morgan fingerprint density at radius 2 is 2.25 bits per heavy atom. The number of ether oxygens (including phenoxy) is 1. The SMILES string of the molecule is COCc1ccc(CN2CCCC2c2cccnc2)o1. The molecule has 0 amide bonds. The topological polar surface area (TPSA) is 38.5 Å². The summed E-state index contributed by atoms with van der Waals surface area (Å²) in [6.07, 6.45) is 6.22. The Morgan fingerprint density at radius 1 is 1.35 bits per heavy atom. The molecule has 1 saturated heterocycles. The quantitative estimate of drug-likeness (QED) is 0.838. The van der Waals surface area contributed by atoms with Crippen LogP contribution in [-0.2, 0) is 17.9 Å². The van der Waals surface area contributed by atoms with Gasteiger partial charge in [-0.1, -0.05) is 6.07 Å². The van der Waals surface area contributed by atoms with Crippen LogP contribution in [0, 0.1) is 0 Å². The van der Waals surface area contributed by atoms with Gasteiger partial charge in [0.2, 0.25) is 0 Å². The van der Waals surface area contributed by atoms with Crippen LogP contribution in [0.3, 0.4) is 0 Å². The molecular formula is C16H20N2O2. The first-order valence-corrected chi connectivity index (χ1v) is 7.07. The number of nitrogens with zero attached hydrogens (tertiary/aromatic N) is 2. The van der Waals surface area contributed by atoms with E-state index in [-0.39, 0.29) is 0 Å². The fraction of sp³-hybridized carbons (Fsp3) is 0.438. The number of hydrogen-bond donors (Lipinski definition) is 0. The third-order valence-electron chi connectivity index (χ3n) is 3.80. The summed E-state index contributed by atoms with van der Waals surface area (Å²) in [4.78, 5) is 6.70. The summed E-state index contributed by atoms with van der Waals surface area (Å²) >= 11 is 0. The number of likely N-dealkylation sites (tertiary alicyclic amines) is 1. The predicted octanol–water partition coefficient (Wildman–Crippen LogP) is 3.16. The minimum absolute atomic E-state index is 0.458. The van der Waals surface area contributed by atoms with Crippen LogP contribution < -0.4 is 0 Å². The predicted molar refractivity (Wildman–Crippen MR) is 76.0 cm³/mol. The first-order chi connectivity index (χ1) is 9.86. The Morgan fingerprint density at radius 3 is 3.05 bits per heavy atom. The van der Waals surface area contributed by atoms with E-state index in [1.54, 1.807) is 7.11 Å². The summed E-state index contributed by atoms with van der Waals surface area (Å²) in [5.74, 6) is 1.90. The normalized spacial score (nSPS) is 19.6. The molecule has 20 heavy (non-hydrogen) atoms. The summed E-state index contributed by atoms with van der Waals surface area (Å²) in [6, 6.07) is 8.67. The van der Waals surface area contributed by atoms with Gasteiger partial charge in [-0.15, -0.1) is 0 Å². The molecule has 3 rings (SSSR count). The summed E-state index contributed by atoms with van der Waals surface area (Å²) in [6.45, 7) is 2.50. The van der Waals surface area contributed by atoms with E-state index < -0.39 is 0 Å². The number of methoxy groups -OCH3 is 1. The van der Waals surface area contributed by atoms with Crippen molar-refractivity contribution in [1.29, 1.82) is 0 Å². The monoisotopic (exact) mass is 272 g/mol. The maximum absolute atomic E-state index is 5.79. The van der Waals surface area contributed by atoms with Gasteiger partial charge in [-0.05, 0) is 43.1 Å². The maximum Gasteiger partial charge on any atom is 0.129 e. The largest absolute Gasteiger partial charge is 0.462 e. The van der Waals surface area contributed by atoms with E-state index in [0.29, 0.717) is 12.6 Å². The molecule has 0 aliphatic carbocycles. The number of hydrogen-bond acceptors (Lipinski definition) is 4. The van der Waals surface area contributed by atoms with E-state index in [9.17, 15) is 0 Å². The van der Waals surface area contributed by atoms with Crippen LogP contribution in [0.25, 0.3) is 0 Å². The lowest BCUT2D eigenvalue weighted by atomic mass is 10.1. The van der Waals surface area contributed by atoms with Gasteiger partial charge >= 0.3 is 0 Å². The molecule has 1 atom stereocenters. The molecule has 4 heteroatoms. The molecule has 0 bridgehead atoms. The van der Waals surface area contributed by atoms with E-state index in [0.717, 1.165) is 24.6 Å². The van der Waals surface area contributed by atoms with Crippen molar-refractivity contribution in [1.82, 2.24) is 9.88 Å². The summed E-state index contributed by atoms with van der Waals surface area (Å²) in [5.41, 5.74) is 1.30. The van der Waals surface area contributed by atoms with Gasteiger partial charge in [0, 0.05) is 25.5 Å². The summed E-state index contributed by atoms with van der Waals surface area (Å²) in [5, 5.41) is 0. The third kappa shape index (κ3) is 2.92. The highest BCUT2D eigenvalue weighted by Crippen LogP contribution is 2.32. The molecule has 0 radical (unpaired) electrons. The first kappa shape index (κ1) is 13.3. The lowest BCUT2D eigenvalue weighted by Gasteiger charge is -2.23. The molecule has 1 aliphatic heterocycles. The molecule has 1 aliphatic rings. The molecule has 3 heterocycles. The second-order valence-electron chi connectivity index (χ2n) is 5.22. The van der Waals surface area contributed by atoms with Crippen LogP contribution >= 0.6 is 0 Å². The highest BCUT2D eigenvalue weighted by Gasteiger charge is 2.26. The van der Waals surface area contributed by atoms with E-state index in [1.165, 1.54) is 18.4 Å². The zero-order valence-electron chi connectivity index (χ0n) is 11.8. The smallest absolute Gasteiger partial charge is 0.129 e. The molecule has 2 aromatic heterocycles. The van der Waals surface area contributed by atoms with Crippen molar-refractivity contribution in [3.05, 3.63) is 53.7 Å². The third-order valence-corrected chi connectivity index (χ3v) is 3.80. The molecule has 0 aromatic carbocycles. The Labute approximate surface area is 119 Å². The second-order valence-corrected chi connectivity index (χ2v) is 5.22. The van der Waals surface area contributed by atoms with Gasteiger partial charge in [-0.2, -0.15) is 0 Å². The van der Waals surface area contributed by atoms with Crippen LogP contribution in [0.4, 0.5) is 0 Å². The van der Waals surface area contributed by atoms with E-state index in [2.05, 4.69) is 16.0 Å². The van der Waals surface area contributed by atoms with Crippen molar-refractivity contribution >= 4 is 0 Å². The van der Waals surface area contributed by atoms with Crippen LogP contribution in [0.1, 0.15) is 36.0 Å². The molecule has 4 nitrogen and oxygen atoms in total. The van der Waals surface area contributed by atoms with Gasteiger partial charge in [0.15, 0.2) is 0 Å². The van der Waals surface area contributed by atoms with Crippen molar-refractivity contribution < 1.29 is 9.15 Å².